The van der Waals surface area contributed by atoms with Crippen LogP contribution in [0.1, 0.15) is 17.6 Å². The summed E-state index contributed by atoms with van der Waals surface area (Å²) in [6.45, 7) is 5.11. The number of aryl methyl sites for hydroxylation is 1. The van der Waals surface area contributed by atoms with Crippen molar-refractivity contribution in [2.24, 2.45) is 0 Å². The zero-order chi connectivity index (χ0) is 12.4. The molecule has 3 nitrogen and oxygen atoms in total. The molecule has 0 aliphatic carbocycles. The van der Waals surface area contributed by atoms with Crippen LogP contribution in [0.15, 0.2) is 29.6 Å². The number of nitrogens with one attached hydrogen (secondary N) is 1. The van der Waals surface area contributed by atoms with Gasteiger partial charge in [0.2, 0.25) is 0 Å². The third-order valence-corrected chi connectivity index (χ3v) is 4.24. The Morgan fingerprint density at radius 3 is 3.11 bits per heavy atom. The fourth-order valence-corrected chi connectivity index (χ4v) is 3.02. The fraction of sp³-hybridized carbons (Fsp3) is 0.357. The third-order valence-electron chi connectivity index (χ3n) is 3.20. The number of anilines is 2. The van der Waals surface area contributed by atoms with Crippen molar-refractivity contribution in [1.29, 1.82) is 0 Å². The fourth-order valence-electron chi connectivity index (χ4n) is 2.29. The van der Waals surface area contributed by atoms with E-state index in [-0.39, 0.29) is 0 Å². The lowest BCUT2D eigenvalue weighted by atomic mass is 10.2. The van der Waals surface area contributed by atoms with E-state index in [1.54, 1.807) is 11.3 Å². The molecule has 1 N–H and O–H groups in total. The molecule has 0 saturated carbocycles. The highest BCUT2D eigenvalue weighted by Crippen LogP contribution is 2.29. The van der Waals surface area contributed by atoms with Gasteiger partial charge in [-0.1, -0.05) is 19.1 Å². The second-order valence-electron chi connectivity index (χ2n) is 4.45. The van der Waals surface area contributed by atoms with Gasteiger partial charge in [-0.05, 0) is 18.6 Å². The van der Waals surface area contributed by atoms with E-state index in [9.17, 15) is 0 Å². The molecule has 0 unspecified atom stereocenters. The summed E-state index contributed by atoms with van der Waals surface area (Å²) < 4.78 is 0. The molecular formula is C14H17N3S. The molecule has 2 aromatic rings. The highest BCUT2D eigenvalue weighted by Gasteiger charge is 2.16. The van der Waals surface area contributed by atoms with Crippen LogP contribution in [0.4, 0.5) is 11.4 Å². The Hall–Kier alpha value is -1.55. The van der Waals surface area contributed by atoms with Crippen LogP contribution in [0.25, 0.3) is 0 Å². The summed E-state index contributed by atoms with van der Waals surface area (Å²) >= 11 is 1.77. The van der Waals surface area contributed by atoms with Gasteiger partial charge in [0, 0.05) is 18.5 Å². The predicted octanol–water partition coefficient (Wildman–Crippen LogP) is 3.14. The van der Waals surface area contributed by atoms with Gasteiger partial charge in [-0.25, -0.2) is 4.98 Å². The average molecular weight is 259 g/mol. The number of benzene rings is 1. The lowest BCUT2D eigenvalue weighted by Crippen LogP contribution is -2.33. The van der Waals surface area contributed by atoms with E-state index in [0.717, 1.165) is 26.1 Å². The van der Waals surface area contributed by atoms with Crippen molar-refractivity contribution in [2.75, 3.05) is 23.3 Å². The quantitative estimate of drug-likeness (QED) is 0.918. The van der Waals surface area contributed by atoms with E-state index in [1.165, 1.54) is 22.1 Å². The minimum absolute atomic E-state index is 0.912. The first-order chi connectivity index (χ1) is 8.86. The summed E-state index contributed by atoms with van der Waals surface area (Å²) in [5.74, 6) is 0. The number of nitrogens with zero attached hydrogens (tertiary/aromatic N) is 2. The van der Waals surface area contributed by atoms with Gasteiger partial charge in [0.1, 0.15) is 0 Å². The Morgan fingerprint density at radius 2 is 2.28 bits per heavy atom. The van der Waals surface area contributed by atoms with Crippen LogP contribution in [-0.4, -0.2) is 18.1 Å². The van der Waals surface area contributed by atoms with Gasteiger partial charge < -0.3 is 10.2 Å². The zero-order valence-electron chi connectivity index (χ0n) is 10.5. The van der Waals surface area contributed by atoms with Crippen LogP contribution < -0.4 is 10.2 Å². The summed E-state index contributed by atoms with van der Waals surface area (Å²) in [6, 6.07) is 8.49. The second kappa shape index (κ2) is 4.98. The van der Waals surface area contributed by atoms with E-state index in [4.69, 9.17) is 0 Å². The Balaban J connectivity index is 1.81. The Labute approximate surface area is 111 Å². The maximum atomic E-state index is 4.65. The summed E-state index contributed by atoms with van der Waals surface area (Å²) in [4.78, 5) is 7.06. The Morgan fingerprint density at radius 1 is 1.39 bits per heavy atom. The van der Waals surface area contributed by atoms with E-state index in [1.807, 2.05) is 0 Å². The summed E-state index contributed by atoms with van der Waals surface area (Å²) in [7, 11) is 0. The monoisotopic (exact) mass is 259 g/mol. The molecule has 94 valence electrons. The predicted molar refractivity (Wildman–Crippen MR) is 77.5 cm³/mol. The smallest absolute Gasteiger partial charge is 0.0926 e. The molecule has 1 aliphatic heterocycles. The molecule has 3 rings (SSSR count). The van der Waals surface area contributed by atoms with Crippen LogP contribution in [0.3, 0.4) is 0 Å². The van der Waals surface area contributed by atoms with Gasteiger partial charge in [0.05, 0.1) is 28.6 Å². The molecule has 0 bridgehead atoms. The average Bonchev–Trinajstić information content (AvgIpc) is 2.87. The van der Waals surface area contributed by atoms with Crippen molar-refractivity contribution in [2.45, 2.75) is 19.9 Å². The Kier molecular flexibility index (Phi) is 3.19. The van der Waals surface area contributed by atoms with Crippen LogP contribution in [0, 0.1) is 0 Å². The highest BCUT2D eigenvalue weighted by molar-refractivity contribution is 7.09. The molecule has 0 atom stereocenters. The van der Waals surface area contributed by atoms with Gasteiger partial charge in [-0.3, -0.25) is 0 Å². The van der Waals surface area contributed by atoms with Crippen LogP contribution >= 0.6 is 11.3 Å². The molecule has 0 radical (unpaired) electrons. The first-order valence-electron chi connectivity index (χ1n) is 6.38. The lowest BCUT2D eigenvalue weighted by Gasteiger charge is -2.31. The van der Waals surface area contributed by atoms with Crippen LogP contribution in [0.2, 0.25) is 0 Å². The third kappa shape index (κ3) is 2.20. The molecule has 0 spiro atoms. The number of rotatable bonds is 3. The Bertz CT molecular complexity index is 535. The molecule has 0 fully saturated rings. The van der Waals surface area contributed by atoms with Crippen molar-refractivity contribution in [1.82, 2.24) is 4.98 Å². The normalized spacial score (nSPS) is 14.2. The molecule has 1 aromatic carbocycles. The maximum absolute atomic E-state index is 4.65. The maximum Gasteiger partial charge on any atom is 0.0926 e. The SMILES string of the molecule is CCc1nc(CN2CCNc3ccccc32)cs1. The van der Waals surface area contributed by atoms with Crippen molar-refractivity contribution in [3.8, 4) is 0 Å². The lowest BCUT2D eigenvalue weighted by molar-refractivity contribution is 0.772. The molecule has 4 heteroatoms. The van der Waals surface area contributed by atoms with Crippen molar-refractivity contribution in [3.05, 3.63) is 40.3 Å². The number of para-hydroxylation sites is 2. The van der Waals surface area contributed by atoms with Gasteiger partial charge >= 0.3 is 0 Å². The van der Waals surface area contributed by atoms with Crippen LogP contribution in [0.5, 0.6) is 0 Å². The molecule has 1 aromatic heterocycles. The molecule has 0 saturated heterocycles. The van der Waals surface area contributed by atoms with Gasteiger partial charge in [-0.15, -0.1) is 11.3 Å². The molecule has 1 aliphatic rings. The standard InChI is InChI=1S/C14H17N3S/c1-2-14-16-11(10-18-14)9-17-8-7-15-12-5-3-4-6-13(12)17/h3-6,10,15H,2,7-9H2,1H3. The van der Waals surface area contributed by atoms with Gasteiger partial charge in [-0.2, -0.15) is 0 Å². The summed E-state index contributed by atoms with van der Waals surface area (Å²) in [5, 5.41) is 6.85. The van der Waals surface area contributed by atoms with Gasteiger partial charge in [0.25, 0.3) is 0 Å². The largest absolute Gasteiger partial charge is 0.382 e. The van der Waals surface area contributed by atoms with Crippen LogP contribution in [-0.2, 0) is 13.0 Å². The molecule has 2 heterocycles. The number of hydrogen-bond donors (Lipinski definition) is 1. The minimum Gasteiger partial charge on any atom is -0.382 e. The summed E-state index contributed by atoms with van der Waals surface area (Å²) in [5.41, 5.74) is 3.71. The molecular weight excluding hydrogens is 242 g/mol. The van der Waals surface area contributed by atoms with Gasteiger partial charge in [0.15, 0.2) is 0 Å². The number of hydrogen-bond acceptors (Lipinski definition) is 4. The van der Waals surface area contributed by atoms with E-state index >= 15 is 0 Å². The first kappa shape index (κ1) is 11.5. The van der Waals surface area contributed by atoms with Crippen molar-refractivity contribution in [3.63, 3.8) is 0 Å². The minimum atomic E-state index is 0.912. The number of thiazole rings is 1. The van der Waals surface area contributed by atoms with E-state index < -0.39 is 0 Å². The highest BCUT2D eigenvalue weighted by atomic mass is 32.1. The zero-order valence-corrected chi connectivity index (χ0v) is 11.3. The summed E-state index contributed by atoms with van der Waals surface area (Å²) in [6.07, 6.45) is 1.03. The molecule has 18 heavy (non-hydrogen) atoms. The van der Waals surface area contributed by atoms with E-state index in [0.29, 0.717) is 0 Å². The van der Waals surface area contributed by atoms with Crippen molar-refractivity contribution < 1.29 is 0 Å². The molecule has 0 amide bonds. The first-order valence-corrected chi connectivity index (χ1v) is 7.26. The van der Waals surface area contributed by atoms with E-state index in [2.05, 4.69) is 51.8 Å². The number of fused-ring (bicyclic) bond motifs is 1. The topological polar surface area (TPSA) is 28.2 Å². The number of aromatic nitrogens is 1. The van der Waals surface area contributed by atoms with Crippen molar-refractivity contribution >= 4 is 22.7 Å². The second-order valence-corrected chi connectivity index (χ2v) is 5.39.